The van der Waals surface area contributed by atoms with Gasteiger partial charge in [0, 0.05) is 70.3 Å². The number of hydrogen-bond acceptors (Lipinski definition) is 7. The van der Waals surface area contributed by atoms with Crippen LogP contribution in [0.25, 0.3) is 12.2 Å². The Hall–Kier alpha value is -0.700. The molecule has 176 valence electrons. The van der Waals surface area contributed by atoms with Gasteiger partial charge < -0.3 is 24.2 Å². The molecule has 0 aromatic heterocycles. The van der Waals surface area contributed by atoms with Gasteiger partial charge in [0.2, 0.25) is 0 Å². The van der Waals surface area contributed by atoms with Crippen LogP contribution in [0.3, 0.4) is 0 Å². The molecule has 1 aliphatic rings. The molecule has 0 unspecified atom stereocenters. The summed E-state index contributed by atoms with van der Waals surface area (Å²) in [6.07, 6.45) is 3.21. The minimum absolute atomic E-state index is 0. The molecule has 1 heterocycles. The van der Waals surface area contributed by atoms with Crippen LogP contribution in [0.15, 0.2) is 59.7 Å². The van der Waals surface area contributed by atoms with E-state index in [4.69, 9.17) is 0 Å². The maximum absolute atomic E-state index is 13.3. The summed E-state index contributed by atoms with van der Waals surface area (Å²) in [5.41, 5.74) is 5.02. The molecule has 1 aliphatic heterocycles. The van der Waals surface area contributed by atoms with Crippen LogP contribution in [0, 0.1) is 0 Å². The van der Waals surface area contributed by atoms with E-state index in [2.05, 4.69) is 0 Å². The number of carbonyl (C=O) groups excluding carboxylic acids is 1. The first-order valence-electron chi connectivity index (χ1n) is 10.8. The van der Waals surface area contributed by atoms with Crippen molar-refractivity contribution in [3.05, 3.63) is 70.8 Å². The molecule has 0 spiro atoms. The van der Waals surface area contributed by atoms with Gasteiger partial charge >= 0.3 is 59.1 Å². The number of piperidine rings is 1. The summed E-state index contributed by atoms with van der Waals surface area (Å²) in [5, 5.41) is 0. The van der Waals surface area contributed by atoms with E-state index in [0.29, 0.717) is 24.2 Å². The molecular weight excluding hydrogens is 483 g/mol. The zero-order valence-electron chi connectivity index (χ0n) is 21.5. The van der Waals surface area contributed by atoms with Crippen molar-refractivity contribution in [2.45, 2.75) is 0 Å². The van der Waals surface area contributed by atoms with Gasteiger partial charge in [-0.2, -0.15) is 0 Å². The van der Waals surface area contributed by atoms with Crippen molar-refractivity contribution in [3.8, 4) is 0 Å². The van der Waals surface area contributed by atoms with Crippen molar-refractivity contribution < 1.29 is 78.3 Å². The zero-order valence-corrected chi connectivity index (χ0v) is 26.4. The second-order valence-electron chi connectivity index (χ2n) is 8.69. The number of hydrogen-bond donors (Lipinski definition) is 0. The maximum atomic E-state index is 13.3. The van der Waals surface area contributed by atoms with E-state index in [-0.39, 0.29) is 71.4 Å². The Morgan fingerprint density at radius 1 is 0.800 bits per heavy atom. The van der Waals surface area contributed by atoms with Gasteiger partial charge in [0.05, 0.1) is 0 Å². The smallest absolute Gasteiger partial charge is 0.811 e. The van der Waals surface area contributed by atoms with Crippen molar-refractivity contribution in [1.29, 1.82) is 0 Å². The number of benzene rings is 2. The molecule has 0 N–H and O–H groups in total. The number of nitrogens with zero attached hydrogens (tertiary/aromatic N) is 3. The zero-order chi connectivity index (χ0) is 24.2. The molecule has 0 radical (unpaired) electrons. The second kappa shape index (κ2) is 14.3. The number of likely N-dealkylation sites (tertiary alicyclic amines) is 1. The fourth-order valence-corrected chi connectivity index (χ4v) is 4.20. The summed E-state index contributed by atoms with van der Waals surface area (Å²) in [4.78, 5) is 41.5. The van der Waals surface area contributed by atoms with E-state index in [1.807, 2.05) is 104 Å². The van der Waals surface area contributed by atoms with E-state index < -0.39 is 13.8 Å². The van der Waals surface area contributed by atoms with Crippen LogP contribution < -0.4 is 78.7 Å². The quantitative estimate of drug-likeness (QED) is 0.213. The summed E-state index contributed by atoms with van der Waals surface area (Å²) >= 11 is 0. The number of Topliss-reactive ketones (excluding diaryl/α,β-unsaturated/α-hetero) is 1. The number of rotatable bonds is 7. The fourth-order valence-electron chi connectivity index (χ4n) is 3.67. The Kier molecular flexibility index (Phi) is 13.2. The molecule has 1 saturated heterocycles. The summed E-state index contributed by atoms with van der Waals surface area (Å²) in [5.74, 6) is -0.0629. The van der Waals surface area contributed by atoms with Gasteiger partial charge in [0.25, 0.3) is 0 Å². The average molecular weight is 513 g/mol. The Balaban J connectivity index is 0.00000306. The molecule has 7 nitrogen and oxygen atoms in total. The molecule has 1 fully saturated rings. The third-order valence-electron chi connectivity index (χ3n) is 5.56. The molecule has 0 atom stereocenters. The van der Waals surface area contributed by atoms with Crippen LogP contribution >= 0.6 is 7.60 Å². The Morgan fingerprint density at radius 3 is 1.49 bits per heavy atom. The first-order valence-corrected chi connectivity index (χ1v) is 12.5. The Morgan fingerprint density at radius 2 is 1.17 bits per heavy atom. The predicted octanol–water partition coefficient (Wildman–Crippen LogP) is -3.91. The summed E-state index contributed by atoms with van der Waals surface area (Å²) in [6.45, 7) is 0.682. The molecule has 2 aromatic carbocycles. The van der Waals surface area contributed by atoms with Crippen LogP contribution in [0.1, 0.15) is 11.1 Å². The number of carbonyl (C=O) groups is 1. The predicted molar refractivity (Wildman–Crippen MR) is 131 cm³/mol. The summed E-state index contributed by atoms with van der Waals surface area (Å²) in [7, 11) is 3.22. The average Bonchev–Trinajstić information content (AvgIpc) is 2.75. The molecule has 0 aliphatic carbocycles. The monoisotopic (exact) mass is 513 g/mol. The largest absolute Gasteiger partial charge is 1.00 e. The van der Waals surface area contributed by atoms with Crippen LogP contribution in [0.2, 0.25) is 0 Å². The fraction of sp³-hybridized carbons (Fsp3) is 0.320. The van der Waals surface area contributed by atoms with Crippen LogP contribution in [-0.4, -0.2) is 64.7 Å². The molecular formula is C25H30N3Na2O4P. The summed E-state index contributed by atoms with van der Waals surface area (Å²) < 4.78 is 11.2. The van der Waals surface area contributed by atoms with Crippen LogP contribution in [-0.2, 0) is 9.36 Å². The molecule has 0 amide bonds. The van der Waals surface area contributed by atoms with Crippen molar-refractivity contribution in [1.82, 2.24) is 4.90 Å². The topological polar surface area (TPSA) is 90.0 Å². The minimum atomic E-state index is -4.62. The molecule has 2 aromatic rings. The third-order valence-corrected chi connectivity index (χ3v) is 6.31. The number of ketones is 1. The molecule has 0 saturated carbocycles. The van der Waals surface area contributed by atoms with Gasteiger partial charge in [0.1, 0.15) is 0 Å². The van der Waals surface area contributed by atoms with E-state index in [1.165, 1.54) is 0 Å². The van der Waals surface area contributed by atoms with Crippen molar-refractivity contribution in [2.24, 2.45) is 0 Å². The van der Waals surface area contributed by atoms with Gasteiger partial charge in [-0.05, 0) is 53.7 Å². The first-order chi connectivity index (χ1) is 15.5. The van der Waals surface area contributed by atoms with Crippen LogP contribution in [0.5, 0.6) is 0 Å². The third kappa shape index (κ3) is 9.94. The van der Waals surface area contributed by atoms with Gasteiger partial charge in [-0.1, -0.05) is 31.9 Å². The van der Waals surface area contributed by atoms with E-state index in [1.54, 1.807) is 0 Å². The molecule has 0 bridgehead atoms. The standard InChI is InChI=1S/C25H32N3O4P.2Na/c1-26(2)23-9-5-19(6-10-23)15-21-17-28(13-14-33(30,31)32)18-22(25(21)29)16-20-7-11-24(12-8-20)27(3)4;;/h5-12,15-16H,13-14,17-18H2,1-4H3,(H2,30,31,32);;/q;2*+1/p-2/b21-15+,22-16+;;. The van der Waals surface area contributed by atoms with Gasteiger partial charge in [0.15, 0.2) is 5.78 Å². The van der Waals surface area contributed by atoms with Gasteiger partial charge in [-0.3, -0.25) is 9.69 Å². The minimum Gasteiger partial charge on any atom is -0.811 e. The molecule has 35 heavy (non-hydrogen) atoms. The maximum Gasteiger partial charge on any atom is 1.00 e. The van der Waals surface area contributed by atoms with E-state index in [9.17, 15) is 19.1 Å². The summed E-state index contributed by atoms with van der Waals surface area (Å²) in [6, 6.07) is 15.7. The molecule has 10 heteroatoms. The number of anilines is 2. The van der Waals surface area contributed by atoms with Gasteiger partial charge in [-0.15, -0.1) is 0 Å². The first kappa shape index (κ1) is 32.3. The van der Waals surface area contributed by atoms with Crippen molar-refractivity contribution in [2.75, 3.05) is 63.8 Å². The molecule has 3 rings (SSSR count). The van der Waals surface area contributed by atoms with Crippen LogP contribution in [0.4, 0.5) is 11.4 Å². The van der Waals surface area contributed by atoms with Crippen molar-refractivity contribution in [3.63, 3.8) is 0 Å². The van der Waals surface area contributed by atoms with E-state index in [0.717, 1.165) is 22.5 Å². The Labute approximate surface area is 252 Å². The SMILES string of the molecule is CN(C)c1ccc(/C=C2\CN(CCP(=O)([O-])[O-])C/C(=C\c3ccc(N(C)C)cc3)C2=O)cc1.[Na+].[Na+]. The van der Waals surface area contributed by atoms with E-state index >= 15 is 0 Å². The normalized spacial score (nSPS) is 16.6. The second-order valence-corrected chi connectivity index (χ2v) is 10.4. The van der Waals surface area contributed by atoms with Crippen molar-refractivity contribution >= 4 is 36.9 Å². The van der Waals surface area contributed by atoms with Gasteiger partial charge in [-0.25, -0.2) is 0 Å². The Bertz CT molecular complexity index is 1020.